The van der Waals surface area contributed by atoms with Crippen LogP contribution in [0.4, 0.5) is 0 Å². The Morgan fingerprint density at radius 3 is 1.58 bits per heavy atom. The monoisotopic (exact) mass is 308 g/mol. The first kappa shape index (κ1) is 13.4. The number of rotatable bonds is 0. The molecule has 0 heterocycles. The van der Waals surface area contributed by atoms with Crippen molar-refractivity contribution < 1.29 is 19.2 Å². The second-order valence-corrected chi connectivity index (χ2v) is 6.82. The molecule has 0 aromatic heterocycles. The Morgan fingerprint density at radius 2 is 1.42 bits per heavy atom. The van der Waals surface area contributed by atoms with Crippen molar-refractivity contribution in [2.24, 2.45) is 0 Å². The van der Waals surface area contributed by atoms with E-state index >= 15 is 0 Å². The summed E-state index contributed by atoms with van der Waals surface area (Å²) < 4.78 is 10.4. The average molecular weight is 308 g/mol. The number of benzene rings is 1. The molecule has 1 aromatic rings. The quantitative estimate of drug-likeness (QED) is 0.568. The number of hydrogen-bond donors (Lipinski definition) is 3. The van der Waals surface area contributed by atoms with Gasteiger partial charge in [0.25, 0.3) is 0 Å². The van der Waals surface area contributed by atoms with Crippen LogP contribution >= 0.6 is 7.82 Å². The SMILES string of the molecule is O=P(O)(O)O.[Cs][c]1ccccc1. The second kappa shape index (κ2) is 6.78. The van der Waals surface area contributed by atoms with Crippen LogP contribution < -0.4 is -3.01 Å². The summed E-state index contributed by atoms with van der Waals surface area (Å²) in [5.74, 6) is 0. The van der Waals surface area contributed by atoms with Gasteiger partial charge in [-0.25, -0.2) is 4.57 Å². The molecule has 0 radical (unpaired) electrons. The van der Waals surface area contributed by atoms with E-state index < -0.39 is 7.82 Å². The predicted molar refractivity (Wildman–Crippen MR) is 46.1 cm³/mol. The van der Waals surface area contributed by atoms with Crippen molar-refractivity contribution in [3.63, 3.8) is 0 Å². The number of phosphoric acid groups is 1. The molecule has 0 aliphatic carbocycles. The van der Waals surface area contributed by atoms with Gasteiger partial charge < -0.3 is 14.7 Å². The van der Waals surface area contributed by atoms with E-state index in [9.17, 15) is 0 Å². The van der Waals surface area contributed by atoms with E-state index in [0.717, 1.165) is 0 Å². The topological polar surface area (TPSA) is 77.8 Å². The molecule has 0 fully saturated rings. The maximum atomic E-state index is 8.88. The molecular formula is C6H8CsO4P. The summed E-state index contributed by atoms with van der Waals surface area (Å²) in [6.07, 6.45) is 0. The van der Waals surface area contributed by atoms with Crippen molar-refractivity contribution >= 4 is 70.7 Å². The van der Waals surface area contributed by atoms with Gasteiger partial charge in [-0.2, -0.15) is 0 Å². The molecule has 0 saturated carbocycles. The third-order valence-electron chi connectivity index (χ3n) is 0.940. The van der Waals surface area contributed by atoms with Gasteiger partial charge in [-0.3, -0.25) is 0 Å². The van der Waals surface area contributed by atoms with Crippen LogP contribution in [0.15, 0.2) is 30.3 Å². The zero-order valence-corrected chi connectivity index (χ0v) is 13.8. The van der Waals surface area contributed by atoms with Gasteiger partial charge in [0.1, 0.15) is 0 Å². The molecule has 0 saturated heterocycles. The van der Waals surface area contributed by atoms with E-state index in [1.165, 1.54) is 0 Å². The molecule has 3 N–H and O–H groups in total. The average Bonchev–Trinajstić information content (AvgIpc) is 1.85. The van der Waals surface area contributed by atoms with E-state index in [0.29, 0.717) is 65.9 Å². The van der Waals surface area contributed by atoms with Crippen molar-refractivity contribution in [3.05, 3.63) is 30.3 Å². The van der Waals surface area contributed by atoms with E-state index in [4.69, 9.17) is 19.2 Å². The van der Waals surface area contributed by atoms with Crippen molar-refractivity contribution in [2.75, 3.05) is 0 Å². The normalized spacial score (nSPS) is 10.1. The minimum atomic E-state index is -4.64. The molecule has 0 spiro atoms. The third-order valence-corrected chi connectivity index (χ3v) is 3.03. The molecule has 4 nitrogen and oxygen atoms in total. The Hall–Kier alpha value is 1.38. The van der Waals surface area contributed by atoms with Gasteiger partial charge in [0.05, 0.1) is 0 Å². The van der Waals surface area contributed by atoms with Crippen molar-refractivity contribution in [1.82, 2.24) is 0 Å². The van der Waals surface area contributed by atoms with Crippen LogP contribution in [0.3, 0.4) is 0 Å². The van der Waals surface area contributed by atoms with Crippen LogP contribution in [0.25, 0.3) is 0 Å². The molecule has 0 aliphatic rings. The zero-order valence-electron chi connectivity index (χ0n) is 6.58. The van der Waals surface area contributed by atoms with Crippen molar-refractivity contribution in [2.45, 2.75) is 0 Å². The summed E-state index contributed by atoms with van der Waals surface area (Å²) in [6, 6.07) is 10.6. The number of hydrogen-bond acceptors (Lipinski definition) is 1. The zero-order chi connectivity index (χ0) is 9.61. The first-order valence-electron chi connectivity index (χ1n) is 3.19. The third kappa shape index (κ3) is 13.9. The van der Waals surface area contributed by atoms with E-state index in [1.54, 1.807) is -3.01 Å². The molecule has 0 atom stereocenters. The van der Waals surface area contributed by atoms with Crippen molar-refractivity contribution in [1.29, 1.82) is 0 Å². The van der Waals surface area contributed by atoms with Gasteiger partial charge in [0.2, 0.25) is 0 Å². The maximum absolute atomic E-state index is 8.88. The molecular weight excluding hydrogens is 300 g/mol. The summed E-state index contributed by atoms with van der Waals surface area (Å²) in [7, 11) is -4.64. The van der Waals surface area contributed by atoms with Gasteiger partial charge >= 0.3 is 101 Å². The molecule has 6 heteroatoms. The first-order chi connectivity index (χ1) is 5.39. The van der Waals surface area contributed by atoms with Gasteiger partial charge in [-0.1, -0.05) is 0 Å². The molecule has 0 amide bonds. The molecule has 0 bridgehead atoms. The van der Waals surface area contributed by atoms with Gasteiger partial charge in [-0.15, -0.1) is 0 Å². The molecule has 1 rings (SSSR count). The van der Waals surface area contributed by atoms with Gasteiger partial charge in [0.15, 0.2) is 0 Å². The summed E-state index contributed by atoms with van der Waals surface area (Å²) in [5.41, 5.74) is 0. The van der Waals surface area contributed by atoms with E-state index in [1.807, 2.05) is 0 Å². The fourth-order valence-electron chi connectivity index (χ4n) is 0.534. The van der Waals surface area contributed by atoms with Gasteiger partial charge in [0, 0.05) is 0 Å². The summed E-state index contributed by atoms with van der Waals surface area (Å²) >= 11 is 0.628. The Morgan fingerprint density at radius 1 is 1.08 bits per heavy atom. The molecule has 62 valence electrons. The molecule has 1 aromatic carbocycles. The second-order valence-electron chi connectivity index (χ2n) is 2.17. The molecule has 0 aliphatic heterocycles. The first-order valence-corrected chi connectivity index (χ1v) is 7.90. The Kier molecular flexibility index (Phi) is 7.56. The Labute approximate surface area is 118 Å². The van der Waals surface area contributed by atoms with Crippen LogP contribution in [-0.2, 0) is 4.57 Å². The fraction of sp³-hybridized carbons (Fsp3) is 0. The van der Waals surface area contributed by atoms with Gasteiger partial charge in [-0.05, 0) is 0 Å². The molecule has 12 heavy (non-hydrogen) atoms. The standard InChI is InChI=1S/C6H5.Cs.H3O4P/c1-2-4-6-5-3-1;;1-5(2,3)4/h1-5H;;(H3,1,2,3,4). The predicted octanol–water partition coefficient (Wildman–Crippen LogP) is -0.448. The summed E-state index contributed by atoms with van der Waals surface area (Å²) in [4.78, 5) is 21.6. The van der Waals surface area contributed by atoms with Crippen LogP contribution in [-0.4, -0.2) is 80.6 Å². The van der Waals surface area contributed by atoms with Crippen LogP contribution in [0, 0.1) is 0 Å². The van der Waals surface area contributed by atoms with Crippen LogP contribution in [0.2, 0.25) is 0 Å². The fourth-order valence-corrected chi connectivity index (χ4v) is 1.74. The van der Waals surface area contributed by atoms with Crippen LogP contribution in [0.5, 0.6) is 0 Å². The van der Waals surface area contributed by atoms with E-state index in [2.05, 4.69) is 30.3 Å². The Bertz CT molecular complexity index is 249. The minimum absolute atomic E-state index is 0.628. The Balaban J connectivity index is 0.000000217. The van der Waals surface area contributed by atoms with Crippen LogP contribution in [0.1, 0.15) is 0 Å². The van der Waals surface area contributed by atoms with Crippen molar-refractivity contribution in [3.8, 4) is 0 Å². The summed E-state index contributed by atoms with van der Waals surface area (Å²) in [6.45, 7) is 0. The molecule has 0 unspecified atom stereocenters. The summed E-state index contributed by atoms with van der Waals surface area (Å²) in [5, 5.41) is 0. The van der Waals surface area contributed by atoms with E-state index in [-0.39, 0.29) is 0 Å².